The largest absolute Gasteiger partial charge is 0.497 e. The average Bonchev–Trinajstić information content (AvgIpc) is 3.61. The number of nitrogens with zero attached hydrogens (tertiary/aromatic N) is 2. The van der Waals surface area contributed by atoms with Crippen LogP contribution in [0.5, 0.6) is 11.5 Å². The van der Waals surface area contributed by atoms with E-state index in [1.807, 2.05) is 42.6 Å². The van der Waals surface area contributed by atoms with E-state index < -0.39 is 10.0 Å². The number of benzene rings is 2. The minimum Gasteiger partial charge on any atom is -0.497 e. The smallest absolute Gasteiger partial charge is 0.243 e. The highest BCUT2D eigenvalue weighted by Gasteiger charge is 2.41. The zero-order valence-corrected chi connectivity index (χ0v) is 22.1. The van der Waals surface area contributed by atoms with Crippen LogP contribution in [0.3, 0.4) is 0 Å². The number of thiophene rings is 1. The Morgan fingerprint density at radius 3 is 2.58 bits per heavy atom. The lowest BCUT2D eigenvalue weighted by atomic mass is 10.0. The molecule has 1 aliphatic carbocycles. The molecule has 7 nitrogen and oxygen atoms in total. The molecular weight excluding hydrogens is 496 g/mol. The summed E-state index contributed by atoms with van der Waals surface area (Å²) in [6.07, 6.45) is 2.30. The number of hydrogen-bond donors (Lipinski definition) is 0. The second-order valence-electron chi connectivity index (χ2n) is 9.24. The fourth-order valence-electron chi connectivity index (χ4n) is 4.58. The Morgan fingerprint density at radius 2 is 1.86 bits per heavy atom. The zero-order chi connectivity index (χ0) is 25.3. The number of fused-ring (bicyclic) bond motifs is 1. The van der Waals surface area contributed by atoms with Gasteiger partial charge >= 0.3 is 0 Å². The quantitative estimate of drug-likeness (QED) is 0.413. The molecular formula is C27H30N2O5S2. The van der Waals surface area contributed by atoms with Crippen molar-refractivity contribution in [2.45, 2.75) is 43.2 Å². The van der Waals surface area contributed by atoms with Gasteiger partial charge in [-0.1, -0.05) is 23.8 Å². The van der Waals surface area contributed by atoms with Gasteiger partial charge in [-0.15, -0.1) is 11.3 Å². The second-order valence-corrected chi connectivity index (χ2v) is 12.1. The van der Waals surface area contributed by atoms with E-state index >= 15 is 0 Å². The van der Waals surface area contributed by atoms with Crippen molar-refractivity contribution in [1.82, 2.24) is 9.21 Å². The van der Waals surface area contributed by atoms with Crippen LogP contribution in [0.4, 0.5) is 0 Å². The Bertz CT molecular complexity index is 1330. The normalized spacial score (nSPS) is 17.6. The first kappa shape index (κ1) is 24.8. The third-order valence-electron chi connectivity index (χ3n) is 6.74. The van der Waals surface area contributed by atoms with E-state index in [-0.39, 0.29) is 36.0 Å². The highest BCUT2D eigenvalue weighted by Crippen LogP contribution is 2.36. The molecule has 0 spiro atoms. The van der Waals surface area contributed by atoms with Crippen LogP contribution in [0.1, 0.15) is 34.9 Å². The van der Waals surface area contributed by atoms with Crippen LogP contribution in [0, 0.1) is 6.92 Å². The van der Waals surface area contributed by atoms with Crippen LogP contribution in [0.25, 0.3) is 0 Å². The Labute approximate surface area is 216 Å². The fourth-order valence-corrected chi connectivity index (χ4v) is 7.15. The van der Waals surface area contributed by atoms with Gasteiger partial charge in [-0.05, 0) is 67.5 Å². The van der Waals surface area contributed by atoms with Crippen molar-refractivity contribution in [2.75, 3.05) is 26.8 Å². The van der Waals surface area contributed by atoms with Gasteiger partial charge in [-0.2, -0.15) is 4.31 Å². The Hall–Kier alpha value is -2.88. The van der Waals surface area contributed by atoms with Crippen molar-refractivity contribution in [3.05, 3.63) is 76.0 Å². The highest BCUT2D eigenvalue weighted by molar-refractivity contribution is 7.89. The van der Waals surface area contributed by atoms with E-state index in [1.165, 1.54) is 9.18 Å². The number of carbonyl (C=O) groups is 1. The number of amides is 1. The molecule has 190 valence electrons. The van der Waals surface area contributed by atoms with Crippen molar-refractivity contribution < 1.29 is 22.7 Å². The topological polar surface area (TPSA) is 76.2 Å². The summed E-state index contributed by atoms with van der Waals surface area (Å²) in [6.45, 7) is 2.55. The molecule has 0 N–H and O–H groups in total. The van der Waals surface area contributed by atoms with Gasteiger partial charge in [0.25, 0.3) is 0 Å². The Balaban J connectivity index is 1.37. The molecule has 0 bridgehead atoms. The molecule has 2 aromatic carbocycles. The van der Waals surface area contributed by atoms with E-state index in [1.54, 1.807) is 47.6 Å². The van der Waals surface area contributed by atoms with Crippen molar-refractivity contribution in [3.8, 4) is 11.5 Å². The zero-order valence-electron chi connectivity index (χ0n) is 20.4. The van der Waals surface area contributed by atoms with Crippen molar-refractivity contribution in [3.63, 3.8) is 0 Å². The molecule has 1 fully saturated rings. The van der Waals surface area contributed by atoms with Crippen LogP contribution in [-0.4, -0.2) is 56.4 Å². The predicted molar refractivity (Wildman–Crippen MR) is 139 cm³/mol. The van der Waals surface area contributed by atoms with Crippen LogP contribution >= 0.6 is 11.3 Å². The number of aryl methyl sites for hydroxylation is 1. The standard InChI is InChI=1S/C27H30N2O5S2/c1-19-6-10-23(11-7-19)36(31,32)29(20-8-9-20)17-27(30)28-14-12-26-24(13-15-35-26)25(28)18-34-22-5-3-4-21(16-22)33-2/h3-7,10-11,13,15-16,20,25H,8-9,12,14,17-18H2,1-2H3/t25-/m0/s1. The molecule has 0 unspecified atom stereocenters. The summed E-state index contributed by atoms with van der Waals surface area (Å²) >= 11 is 1.68. The molecule has 1 atom stereocenters. The summed E-state index contributed by atoms with van der Waals surface area (Å²) in [5.41, 5.74) is 2.06. The Morgan fingerprint density at radius 1 is 1.11 bits per heavy atom. The van der Waals surface area contributed by atoms with E-state index in [4.69, 9.17) is 9.47 Å². The van der Waals surface area contributed by atoms with Gasteiger partial charge in [-0.3, -0.25) is 4.79 Å². The van der Waals surface area contributed by atoms with Crippen molar-refractivity contribution >= 4 is 27.3 Å². The lowest BCUT2D eigenvalue weighted by Crippen LogP contribution is -2.48. The Kier molecular flexibility index (Phi) is 7.05. The molecule has 5 rings (SSSR count). The fraction of sp³-hybridized carbons (Fsp3) is 0.370. The van der Waals surface area contributed by atoms with Gasteiger partial charge in [0.15, 0.2) is 0 Å². The van der Waals surface area contributed by atoms with E-state index in [2.05, 4.69) is 0 Å². The summed E-state index contributed by atoms with van der Waals surface area (Å²) in [7, 11) is -2.17. The lowest BCUT2D eigenvalue weighted by molar-refractivity contribution is -0.135. The number of carbonyl (C=O) groups excluding carboxylic acids is 1. The molecule has 2 aliphatic rings. The second kappa shape index (κ2) is 10.2. The molecule has 1 saturated carbocycles. The first-order chi connectivity index (χ1) is 17.4. The SMILES string of the molecule is COc1cccc(OC[C@H]2c3ccsc3CCN2C(=O)CN(C2CC2)S(=O)(=O)c2ccc(C)cc2)c1. The summed E-state index contributed by atoms with van der Waals surface area (Å²) in [6, 6.07) is 15.8. The van der Waals surface area contributed by atoms with Gasteiger partial charge in [0, 0.05) is 23.5 Å². The highest BCUT2D eigenvalue weighted by atomic mass is 32.2. The molecule has 0 saturated heterocycles. The van der Waals surface area contributed by atoms with E-state index in [0.29, 0.717) is 18.0 Å². The molecule has 9 heteroatoms. The summed E-state index contributed by atoms with van der Waals surface area (Å²) < 4.78 is 39.7. The van der Waals surface area contributed by atoms with Crippen molar-refractivity contribution in [2.24, 2.45) is 0 Å². The lowest BCUT2D eigenvalue weighted by Gasteiger charge is -2.37. The maximum absolute atomic E-state index is 13.7. The third kappa shape index (κ3) is 5.14. The number of sulfonamides is 1. The van der Waals surface area contributed by atoms with Crippen LogP contribution in [-0.2, 0) is 21.2 Å². The van der Waals surface area contributed by atoms with Gasteiger partial charge in [-0.25, -0.2) is 8.42 Å². The van der Waals surface area contributed by atoms with Crippen LogP contribution in [0.15, 0.2) is 64.9 Å². The summed E-state index contributed by atoms with van der Waals surface area (Å²) in [4.78, 5) is 16.9. The number of rotatable bonds is 9. The maximum Gasteiger partial charge on any atom is 0.243 e. The number of methoxy groups -OCH3 is 1. The molecule has 0 radical (unpaired) electrons. The predicted octanol–water partition coefficient (Wildman–Crippen LogP) is 4.42. The van der Waals surface area contributed by atoms with Gasteiger partial charge in [0.05, 0.1) is 24.6 Å². The van der Waals surface area contributed by atoms with E-state index in [0.717, 1.165) is 30.4 Å². The molecule has 36 heavy (non-hydrogen) atoms. The van der Waals surface area contributed by atoms with E-state index in [9.17, 15) is 13.2 Å². The maximum atomic E-state index is 13.7. The first-order valence-electron chi connectivity index (χ1n) is 12.1. The van der Waals surface area contributed by atoms with Gasteiger partial charge < -0.3 is 14.4 Å². The molecule has 3 aromatic rings. The van der Waals surface area contributed by atoms with Crippen LogP contribution < -0.4 is 9.47 Å². The minimum atomic E-state index is -3.78. The first-order valence-corrected chi connectivity index (χ1v) is 14.4. The van der Waals surface area contributed by atoms with Gasteiger partial charge in [0.2, 0.25) is 15.9 Å². The number of hydrogen-bond acceptors (Lipinski definition) is 6. The monoisotopic (exact) mass is 526 g/mol. The average molecular weight is 527 g/mol. The molecule has 1 aliphatic heterocycles. The molecule has 1 amide bonds. The van der Waals surface area contributed by atoms with Crippen LogP contribution in [0.2, 0.25) is 0 Å². The van der Waals surface area contributed by atoms with Crippen molar-refractivity contribution in [1.29, 1.82) is 0 Å². The van der Waals surface area contributed by atoms with Gasteiger partial charge in [0.1, 0.15) is 18.1 Å². The number of ether oxygens (including phenoxy) is 2. The third-order valence-corrected chi connectivity index (χ3v) is 9.65. The summed E-state index contributed by atoms with van der Waals surface area (Å²) in [5.74, 6) is 1.15. The molecule has 2 heterocycles. The minimum absolute atomic E-state index is 0.131. The summed E-state index contributed by atoms with van der Waals surface area (Å²) in [5, 5.41) is 2.04. The molecule has 1 aromatic heterocycles.